The van der Waals surface area contributed by atoms with Gasteiger partial charge < -0.3 is 10.6 Å². The van der Waals surface area contributed by atoms with E-state index in [4.69, 9.17) is 5.73 Å². The molecule has 1 fully saturated rings. The summed E-state index contributed by atoms with van der Waals surface area (Å²) in [5, 5.41) is 0. The molecule has 2 heterocycles. The van der Waals surface area contributed by atoms with Gasteiger partial charge in [0.1, 0.15) is 5.69 Å². The molecule has 0 spiro atoms. The van der Waals surface area contributed by atoms with Crippen LogP contribution >= 0.6 is 0 Å². The van der Waals surface area contributed by atoms with Gasteiger partial charge in [-0.05, 0) is 50.8 Å². The molecule has 4 nitrogen and oxygen atoms in total. The van der Waals surface area contributed by atoms with Gasteiger partial charge in [-0.25, -0.2) is 0 Å². The Hall–Kier alpha value is -1.42. The molecule has 0 radical (unpaired) electrons. The number of hydrogen-bond donors (Lipinski definition) is 1. The fraction of sp³-hybridized carbons (Fsp3) is 0.571. The number of piperidine rings is 1. The zero-order chi connectivity index (χ0) is 13.0. The zero-order valence-corrected chi connectivity index (χ0v) is 10.9. The van der Waals surface area contributed by atoms with Gasteiger partial charge in [-0.1, -0.05) is 6.07 Å². The molecule has 1 saturated heterocycles. The zero-order valence-electron chi connectivity index (χ0n) is 10.9. The number of rotatable bonds is 3. The van der Waals surface area contributed by atoms with E-state index in [1.807, 2.05) is 24.0 Å². The molecule has 1 aromatic heterocycles. The predicted octanol–water partition coefficient (Wildman–Crippen LogP) is 1.73. The van der Waals surface area contributed by atoms with Crippen LogP contribution in [0.3, 0.4) is 0 Å². The number of aromatic nitrogens is 1. The third-order valence-corrected chi connectivity index (χ3v) is 3.60. The summed E-state index contributed by atoms with van der Waals surface area (Å²) in [5.74, 6) is 0.0613. The highest BCUT2D eigenvalue weighted by atomic mass is 16.2. The van der Waals surface area contributed by atoms with E-state index in [2.05, 4.69) is 4.98 Å². The first kappa shape index (κ1) is 13.0. The van der Waals surface area contributed by atoms with Crippen LogP contribution < -0.4 is 5.73 Å². The number of nitrogens with zero attached hydrogens (tertiary/aromatic N) is 2. The highest BCUT2D eigenvalue weighted by Crippen LogP contribution is 2.21. The number of carbonyl (C=O) groups is 1. The lowest BCUT2D eigenvalue weighted by molar-refractivity contribution is 0.0598. The first-order valence-electron chi connectivity index (χ1n) is 6.66. The van der Waals surface area contributed by atoms with Crippen LogP contribution in [0.1, 0.15) is 41.7 Å². The summed E-state index contributed by atoms with van der Waals surface area (Å²) in [6.07, 6.45) is 5.91. The largest absolute Gasteiger partial charge is 0.334 e. The third kappa shape index (κ3) is 2.70. The molecule has 98 valence electrons. The van der Waals surface area contributed by atoms with Gasteiger partial charge in [-0.15, -0.1) is 0 Å². The topological polar surface area (TPSA) is 59.2 Å². The molecule has 0 bridgehead atoms. The lowest BCUT2D eigenvalue weighted by atomic mass is 9.98. The number of aryl methyl sites for hydroxylation is 1. The molecular weight excluding hydrogens is 226 g/mol. The predicted molar refractivity (Wildman–Crippen MR) is 71.3 cm³/mol. The Labute approximate surface area is 108 Å². The van der Waals surface area contributed by atoms with Crippen LogP contribution in [0, 0.1) is 6.92 Å². The van der Waals surface area contributed by atoms with E-state index in [1.165, 1.54) is 6.42 Å². The van der Waals surface area contributed by atoms with E-state index in [1.54, 1.807) is 6.20 Å². The minimum absolute atomic E-state index is 0.0613. The Kier molecular flexibility index (Phi) is 4.31. The second-order valence-electron chi connectivity index (χ2n) is 4.89. The van der Waals surface area contributed by atoms with Crippen LogP contribution in [0.2, 0.25) is 0 Å². The van der Waals surface area contributed by atoms with Gasteiger partial charge in [0.25, 0.3) is 5.91 Å². The van der Waals surface area contributed by atoms with Crippen molar-refractivity contribution in [3.63, 3.8) is 0 Å². The molecule has 1 aliphatic heterocycles. The molecule has 1 aliphatic rings. The molecule has 1 atom stereocenters. The van der Waals surface area contributed by atoms with Crippen LogP contribution in [0.15, 0.2) is 18.3 Å². The van der Waals surface area contributed by atoms with Crippen molar-refractivity contribution in [3.05, 3.63) is 29.6 Å². The second kappa shape index (κ2) is 5.96. The molecular formula is C14H21N3O. The van der Waals surface area contributed by atoms with Crippen LogP contribution in [0.5, 0.6) is 0 Å². The van der Waals surface area contributed by atoms with E-state index in [-0.39, 0.29) is 11.9 Å². The Morgan fingerprint density at radius 2 is 2.39 bits per heavy atom. The summed E-state index contributed by atoms with van der Waals surface area (Å²) in [4.78, 5) is 18.7. The fourth-order valence-electron chi connectivity index (χ4n) is 2.61. The molecule has 0 aliphatic carbocycles. The molecule has 1 amide bonds. The normalized spacial score (nSPS) is 19.9. The average molecular weight is 247 g/mol. The van der Waals surface area contributed by atoms with Gasteiger partial charge in [-0.2, -0.15) is 0 Å². The van der Waals surface area contributed by atoms with Crippen molar-refractivity contribution in [1.29, 1.82) is 0 Å². The number of amides is 1. The third-order valence-electron chi connectivity index (χ3n) is 3.60. The standard InChI is InChI=1S/C14H21N3O/c1-11-5-4-9-16-13(11)14(18)17-10-3-2-6-12(17)7-8-15/h4-5,9,12H,2-3,6-8,10,15H2,1H3. The first-order chi connectivity index (χ1) is 8.74. The van der Waals surface area contributed by atoms with Crippen molar-refractivity contribution >= 4 is 5.91 Å². The van der Waals surface area contributed by atoms with Crippen molar-refractivity contribution in [2.45, 2.75) is 38.6 Å². The van der Waals surface area contributed by atoms with Gasteiger partial charge >= 0.3 is 0 Å². The van der Waals surface area contributed by atoms with Crippen molar-refractivity contribution in [3.8, 4) is 0 Å². The fourth-order valence-corrected chi connectivity index (χ4v) is 2.61. The maximum Gasteiger partial charge on any atom is 0.272 e. The second-order valence-corrected chi connectivity index (χ2v) is 4.89. The van der Waals surface area contributed by atoms with Crippen molar-refractivity contribution in [1.82, 2.24) is 9.88 Å². The van der Waals surface area contributed by atoms with E-state index in [0.29, 0.717) is 12.2 Å². The summed E-state index contributed by atoms with van der Waals surface area (Å²) in [7, 11) is 0. The van der Waals surface area contributed by atoms with Gasteiger partial charge in [0.05, 0.1) is 0 Å². The molecule has 0 aromatic carbocycles. The van der Waals surface area contributed by atoms with E-state index >= 15 is 0 Å². The first-order valence-corrected chi connectivity index (χ1v) is 6.66. The lowest BCUT2D eigenvalue weighted by Crippen LogP contribution is -2.45. The summed E-state index contributed by atoms with van der Waals surface area (Å²) in [6.45, 7) is 3.40. The van der Waals surface area contributed by atoms with Gasteiger partial charge in [0.2, 0.25) is 0 Å². The van der Waals surface area contributed by atoms with Gasteiger partial charge in [0.15, 0.2) is 0 Å². The lowest BCUT2D eigenvalue weighted by Gasteiger charge is -2.35. The van der Waals surface area contributed by atoms with Crippen LogP contribution in [0.4, 0.5) is 0 Å². The van der Waals surface area contributed by atoms with Crippen molar-refractivity contribution in [2.24, 2.45) is 5.73 Å². The number of pyridine rings is 1. The number of carbonyl (C=O) groups excluding carboxylic acids is 1. The molecule has 1 unspecified atom stereocenters. The van der Waals surface area contributed by atoms with Gasteiger partial charge in [0, 0.05) is 18.8 Å². The summed E-state index contributed by atoms with van der Waals surface area (Å²) >= 11 is 0. The maximum absolute atomic E-state index is 12.5. The molecule has 18 heavy (non-hydrogen) atoms. The van der Waals surface area contributed by atoms with E-state index < -0.39 is 0 Å². The SMILES string of the molecule is Cc1cccnc1C(=O)N1CCCCC1CCN. The maximum atomic E-state index is 12.5. The molecule has 2 N–H and O–H groups in total. The number of hydrogen-bond acceptors (Lipinski definition) is 3. The molecule has 0 saturated carbocycles. The Morgan fingerprint density at radius 1 is 1.56 bits per heavy atom. The Morgan fingerprint density at radius 3 is 3.11 bits per heavy atom. The number of nitrogens with two attached hydrogens (primary N) is 1. The van der Waals surface area contributed by atoms with Crippen LogP contribution in [-0.4, -0.2) is 34.9 Å². The van der Waals surface area contributed by atoms with Gasteiger partial charge in [-0.3, -0.25) is 9.78 Å². The number of likely N-dealkylation sites (tertiary alicyclic amines) is 1. The smallest absolute Gasteiger partial charge is 0.272 e. The molecule has 4 heteroatoms. The quantitative estimate of drug-likeness (QED) is 0.885. The Bertz CT molecular complexity index is 417. The Balaban J connectivity index is 2.18. The van der Waals surface area contributed by atoms with Crippen molar-refractivity contribution < 1.29 is 4.79 Å². The molecule has 2 rings (SSSR count). The van der Waals surface area contributed by atoms with Crippen LogP contribution in [0.25, 0.3) is 0 Å². The summed E-state index contributed by atoms with van der Waals surface area (Å²) in [6, 6.07) is 4.08. The van der Waals surface area contributed by atoms with Crippen LogP contribution in [-0.2, 0) is 0 Å². The summed E-state index contributed by atoms with van der Waals surface area (Å²) in [5.41, 5.74) is 7.17. The summed E-state index contributed by atoms with van der Waals surface area (Å²) < 4.78 is 0. The minimum atomic E-state index is 0.0613. The molecule has 1 aromatic rings. The average Bonchev–Trinajstić information content (AvgIpc) is 2.40. The monoisotopic (exact) mass is 247 g/mol. The van der Waals surface area contributed by atoms with E-state index in [9.17, 15) is 4.79 Å². The van der Waals surface area contributed by atoms with E-state index in [0.717, 1.165) is 31.4 Å². The minimum Gasteiger partial charge on any atom is -0.334 e. The highest BCUT2D eigenvalue weighted by Gasteiger charge is 2.28. The highest BCUT2D eigenvalue weighted by molar-refractivity contribution is 5.93. The van der Waals surface area contributed by atoms with Crippen molar-refractivity contribution in [2.75, 3.05) is 13.1 Å².